The number of thiazole rings is 1. The maximum atomic E-state index is 14.5. The summed E-state index contributed by atoms with van der Waals surface area (Å²) in [6.07, 6.45) is 7.53. The zero-order valence-electron chi connectivity index (χ0n) is 37.9. The van der Waals surface area contributed by atoms with Crippen molar-refractivity contribution in [1.29, 1.82) is 0 Å². The lowest BCUT2D eigenvalue weighted by Crippen LogP contribution is -2.52. The number of benzene rings is 2. The molecule has 1 amide bonds. The van der Waals surface area contributed by atoms with Crippen molar-refractivity contribution < 1.29 is 32.2 Å². The standard InChI is InChI=1S/C47H65N3O7S4/c1-12-13-24-55-42(51)41-34-27-46(7,8)23-22-38(34)59-39(41)21-18-31-14-16-32(17-15-31)25-36-37(56-47(9,10)50(36)44(52)57-45(4,5)6)29-49(28-30(2)3)61(53,54)33-19-20-35-40(26-33)60-43(48-35)58-11/h14-17,19-20,26,30,36-37H,12-13,18,21-25,27-29H2,1-11H3/t36-,37+/m0/s1. The summed E-state index contributed by atoms with van der Waals surface area (Å²) in [5.41, 5.74) is 3.19. The minimum Gasteiger partial charge on any atom is -0.462 e. The summed E-state index contributed by atoms with van der Waals surface area (Å²) >= 11 is 4.79. The fourth-order valence-corrected chi connectivity index (χ4v) is 12.9. The van der Waals surface area contributed by atoms with E-state index in [1.807, 2.05) is 54.7 Å². The topological polar surface area (TPSA) is 115 Å². The molecule has 334 valence electrons. The third-order valence-corrected chi connectivity index (χ3v) is 16.6. The molecule has 2 aromatic heterocycles. The third kappa shape index (κ3) is 11.4. The first-order valence-electron chi connectivity index (χ1n) is 21.6. The van der Waals surface area contributed by atoms with Gasteiger partial charge in [0, 0.05) is 22.8 Å². The first-order chi connectivity index (χ1) is 28.6. The summed E-state index contributed by atoms with van der Waals surface area (Å²) in [6.45, 7) is 20.6. The van der Waals surface area contributed by atoms with E-state index in [1.165, 1.54) is 37.8 Å². The molecule has 0 spiro atoms. The molecule has 10 nitrogen and oxygen atoms in total. The monoisotopic (exact) mass is 911 g/mol. The molecule has 2 atom stereocenters. The van der Waals surface area contributed by atoms with Crippen LogP contribution in [0.15, 0.2) is 51.7 Å². The van der Waals surface area contributed by atoms with Crippen LogP contribution >= 0.6 is 34.4 Å². The smallest absolute Gasteiger partial charge is 0.412 e. The van der Waals surface area contributed by atoms with Crippen molar-refractivity contribution >= 4 is 66.7 Å². The van der Waals surface area contributed by atoms with Gasteiger partial charge in [-0.05, 0) is 132 Å². The molecule has 61 heavy (non-hydrogen) atoms. The second-order valence-corrected chi connectivity index (χ2v) is 24.4. The summed E-state index contributed by atoms with van der Waals surface area (Å²) in [6, 6.07) is 13.0. The van der Waals surface area contributed by atoms with Gasteiger partial charge in [0.15, 0.2) is 4.34 Å². The fourth-order valence-electron chi connectivity index (χ4n) is 8.39. The van der Waals surface area contributed by atoms with E-state index in [2.05, 4.69) is 50.0 Å². The summed E-state index contributed by atoms with van der Waals surface area (Å²) < 4.78 is 50.7. The third-order valence-electron chi connectivity index (χ3n) is 11.4. The van der Waals surface area contributed by atoms with E-state index in [1.54, 1.807) is 34.4 Å². The molecule has 1 fully saturated rings. The summed E-state index contributed by atoms with van der Waals surface area (Å²) in [4.78, 5) is 36.5. The van der Waals surface area contributed by atoms with Gasteiger partial charge in [0.05, 0.1) is 39.4 Å². The second kappa shape index (κ2) is 19.0. The van der Waals surface area contributed by atoms with Gasteiger partial charge in [-0.3, -0.25) is 4.90 Å². The van der Waals surface area contributed by atoms with Crippen LogP contribution in [0.2, 0.25) is 0 Å². The van der Waals surface area contributed by atoms with Crippen LogP contribution < -0.4 is 0 Å². The van der Waals surface area contributed by atoms with Crippen molar-refractivity contribution in [3.63, 3.8) is 0 Å². The summed E-state index contributed by atoms with van der Waals surface area (Å²) in [5, 5.41) is 0. The van der Waals surface area contributed by atoms with E-state index in [-0.39, 0.29) is 35.3 Å². The molecule has 1 saturated heterocycles. The maximum Gasteiger partial charge on any atom is 0.412 e. The molecule has 1 aliphatic heterocycles. The Balaban J connectivity index is 1.26. The van der Waals surface area contributed by atoms with Crippen LogP contribution in [-0.2, 0) is 56.3 Å². The highest BCUT2D eigenvalue weighted by atomic mass is 32.2. The number of esters is 1. The van der Waals surface area contributed by atoms with E-state index in [0.29, 0.717) is 13.0 Å². The molecule has 0 bridgehead atoms. The van der Waals surface area contributed by atoms with Gasteiger partial charge in [0.1, 0.15) is 11.3 Å². The maximum absolute atomic E-state index is 14.5. The molecule has 0 N–H and O–H groups in total. The number of amides is 1. The van der Waals surface area contributed by atoms with Gasteiger partial charge in [-0.15, -0.1) is 22.7 Å². The van der Waals surface area contributed by atoms with E-state index in [0.717, 1.165) is 81.1 Å². The summed E-state index contributed by atoms with van der Waals surface area (Å²) in [5.74, 6) is -0.160. The average Bonchev–Trinajstić information content (AvgIpc) is 3.82. The van der Waals surface area contributed by atoms with Crippen molar-refractivity contribution in [2.45, 2.75) is 153 Å². The molecule has 6 rings (SSSR count). The Morgan fingerprint density at radius 2 is 1.75 bits per heavy atom. The van der Waals surface area contributed by atoms with Gasteiger partial charge in [-0.2, -0.15) is 4.31 Å². The highest BCUT2D eigenvalue weighted by Crippen LogP contribution is 2.43. The number of unbranched alkanes of at least 4 members (excludes halogenated alkanes) is 1. The number of hydrogen-bond donors (Lipinski definition) is 0. The van der Waals surface area contributed by atoms with Gasteiger partial charge in [0.2, 0.25) is 10.0 Å². The van der Waals surface area contributed by atoms with Crippen LogP contribution in [0.5, 0.6) is 0 Å². The highest BCUT2D eigenvalue weighted by molar-refractivity contribution is 8.00. The minimum absolute atomic E-state index is 0.0293. The minimum atomic E-state index is -3.97. The van der Waals surface area contributed by atoms with Crippen LogP contribution in [0.4, 0.5) is 4.79 Å². The van der Waals surface area contributed by atoms with Crippen molar-refractivity contribution in [1.82, 2.24) is 14.2 Å². The van der Waals surface area contributed by atoms with Gasteiger partial charge >= 0.3 is 12.1 Å². The van der Waals surface area contributed by atoms with Crippen molar-refractivity contribution in [2.24, 2.45) is 11.3 Å². The SMILES string of the molecule is CCCCOC(=O)c1c(CCc2ccc(C[C@H]3[C@@H](CN(CC(C)C)S(=O)(=O)c4ccc5nc(SC)sc5c4)OC(C)(C)N3C(=O)OC(C)(C)C)cc2)sc2c1CC(C)(C)CC2. The van der Waals surface area contributed by atoms with Gasteiger partial charge in [-0.25, -0.2) is 23.0 Å². The van der Waals surface area contributed by atoms with E-state index in [9.17, 15) is 18.0 Å². The number of thioether (sulfide) groups is 1. The van der Waals surface area contributed by atoms with Gasteiger partial charge in [0.25, 0.3) is 0 Å². The zero-order chi connectivity index (χ0) is 44.5. The lowest BCUT2D eigenvalue weighted by atomic mass is 9.76. The van der Waals surface area contributed by atoms with Crippen molar-refractivity contribution in [3.8, 4) is 0 Å². The summed E-state index contributed by atoms with van der Waals surface area (Å²) in [7, 11) is -3.97. The Bertz CT molecular complexity index is 2290. The van der Waals surface area contributed by atoms with E-state index < -0.39 is 39.6 Å². The highest BCUT2D eigenvalue weighted by Gasteiger charge is 2.52. The molecule has 1 aliphatic carbocycles. The molecular formula is C47H65N3O7S4. The van der Waals surface area contributed by atoms with E-state index >= 15 is 0 Å². The molecule has 3 heterocycles. The number of carbonyl (C=O) groups is 2. The lowest BCUT2D eigenvalue weighted by Gasteiger charge is -2.35. The Labute approximate surface area is 376 Å². The number of hydrogen-bond acceptors (Lipinski definition) is 11. The number of aryl methyl sites for hydroxylation is 3. The van der Waals surface area contributed by atoms with Crippen LogP contribution in [0, 0.1) is 11.3 Å². The number of thiophene rings is 1. The molecule has 0 radical (unpaired) electrons. The van der Waals surface area contributed by atoms with E-state index in [4.69, 9.17) is 14.2 Å². The Morgan fingerprint density at radius 1 is 1.05 bits per heavy atom. The molecule has 2 aromatic carbocycles. The van der Waals surface area contributed by atoms with Crippen LogP contribution in [-0.4, -0.2) is 84.1 Å². The van der Waals surface area contributed by atoms with Crippen LogP contribution in [0.1, 0.15) is 125 Å². The number of rotatable bonds is 16. The van der Waals surface area contributed by atoms with Crippen LogP contribution in [0.3, 0.4) is 0 Å². The second-order valence-electron chi connectivity index (χ2n) is 19.2. The Kier molecular flexibility index (Phi) is 14.8. The normalized spacial score (nSPS) is 18.9. The largest absolute Gasteiger partial charge is 0.462 e. The predicted molar refractivity (Wildman–Crippen MR) is 249 cm³/mol. The van der Waals surface area contributed by atoms with Crippen molar-refractivity contribution in [2.75, 3.05) is 26.0 Å². The average molecular weight is 912 g/mol. The molecule has 2 aliphatic rings. The molecular weight excluding hydrogens is 847 g/mol. The number of fused-ring (bicyclic) bond motifs is 2. The van der Waals surface area contributed by atoms with Gasteiger partial charge in [-0.1, -0.05) is 77.1 Å². The number of sulfonamides is 1. The first kappa shape index (κ1) is 47.5. The molecule has 14 heteroatoms. The quantitative estimate of drug-likeness (QED) is 0.0615. The van der Waals surface area contributed by atoms with Crippen molar-refractivity contribution in [3.05, 3.63) is 74.5 Å². The zero-order valence-corrected chi connectivity index (χ0v) is 41.2. The number of carbonyl (C=O) groups excluding carboxylic acids is 2. The fraction of sp³-hybridized carbons (Fsp3) is 0.596. The Hall–Kier alpha value is -3.01. The van der Waals surface area contributed by atoms with Gasteiger partial charge < -0.3 is 14.2 Å². The number of aromatic nitrogens is 1. The molecule has 0 unspecified atom stereocenters. The number of ether oxygens (including phenoxy) is 3. The molecule has 4 aromatic rings. The van der Waals surface area contributed by atoms with Crippen LogP contribution in [0.25, 0.3) is 10.2 Å². The first-order valence-corrected chi connectivity index (χ1v) is 25.9. The predicted octanol–water partition coefficient (Wildman–Crippen LogP) is 11.0. The number of nitrogens with zero attached hydrogens (tertiary/aromatic N) is 3. The molecule has 0 saturated carbocycles. The Morgan fingerprint density at radius 3 is 2.41 bits per heavy atom. The lowest BCUT2D eigenvalue weighted by molar-refractivity contribution is -0.0807.